The maximum atomic E-state index is 12.2. The van der Waals surface area contributed by atoms with Gasteiger partial charge in [0.2, 0.25) is 0 Å². The summed E-state index contributed by atoms with van der Waals surface area (Å²) in [4.78, 5) is 29.0. The molecule has 2 aromatic rings. The van der Waals surface area contributed by atoms with E-state index in [0.29, 0.717) is 23.6 Å². The molecule has 0 spiro atoms. The lowest BCUT2D eigenvalue weighted by molar-refractivity contribution is -0.147. The molecule has 0 saturated carbocycles. The van der Waals surface area contributed by atoms with E-state index >= 15 is 0 Å². The van der Waals surface area contributed by atoms with Crippen LogP contribution in [0.3, 0.4) is 0 Å². The second kappa shape index (κ2) is 12.1. The van der Waals surface area contributed by atoms with Crippen molar-refractivity contribution in [3.63, 3.8) is 0 Å². The molecule has 0 atom stereocenters. The quantitative estimate of drug-likeness (QED) is 0.552. The molecule has 1 heterocycles. The Kier molecular flexibility index (Phi) is 8.95. The third-order valence-corrected chi connectivity index (χ3v) is 5.77. The molecule has 1 aliphatic heterocycles. The smallest absolute Gasteiger partial charge is 0.306 e. The first-order chi connectivity index (χ1) is 16.0. The Bertz CT molecular complexity index is 924. The first-order valence-corrected chi connectivity index (χ1v) is 11.3. The predicted octanol–water partition coefficient (Wildman–Crippen LogP) is 2.96. The van der Waals surface area contributed by atoms with E-state index in [0.717, 1.165) is 44.0 Å². The normalized spacial score (nSPS) is 14.0. The number of methoxy groups -OCH3 is 2. The highest BCUT2D eigenvalue weighted by molar-refractivity contribution is 5.93. The lowest BCUT2D eigenvalue weighted by Gasteiger charge is -2.35. The van der Waals surface area contributed by atoms with Gasteiger partial charge in [0, 0.05) is 44.0 Å². The van der Waals surface area contributed by atoms with E-state index in [9.17, 15) is 9.59 Å². The number of hydrogen-bond acceptors (Lipinski definition) is 7. The van der Waals surface area contributed by atoms with E-state index in [1.807, 2.05) is 36.4 Å². The van der Waals surface area contributed by atoms with Crippen LogP contribution in [-0.4, -0.2) is 70.3 Å². The number of carbonyl (C=O) groups excluding carboxylic acids is 2. The van der Waals surface area contributed by atoms with E-state index in [4.69, 9.17) is 14.2 Å². The van der Waals surface area contributed by atoms with Crippen LogP contribution < -0.4 is 19.7 Å². The standard InChI is InChI=1S/C25H33N3O5/c1-4-27-13-15-28(16-14-27)21-9-7-20(8-10-21)26-24(29)18-33-25(30)12-6-19-5-11-22(31-2)23(17-19)32-3/h5,7-11,17H,4,6,12-16,18H2,1-3H3,(H,26,29). The fourth-order valence-corrected chi connectivity index (χ4v) is 3.78. The molecule has 0 radical (unpaired) electrons. The van der Waals surface area contributed by atoms with Crippen LogP contribution in [0.2, 0.25) is 0 Å². The van der Waals surface area contributed by atoms with Gasteiger partial charge in [0.05, 0.1) is 14.2 Å². The van der Waals surface area contributed by atoms with Crippen molar-refractivity contribution in [2.45, 2.75) is 19.8 Å². The zero-order chi connectivity index (χ0) is 23.6. The summed E-state index contributed by atoms with van der Waals surface area (Å²) in [6.07, 6.45) is 0.650. The number of aryl methyl sites for hydroxylation is 1. The summed E-state index contributed by atoms with van der Waals surface area (Å²) >= 11 is 0. The molecular formula is C25H33N3O5. The molecule has 0 aromatic heterocycles. The lowest BCUT2D eigenvalue weighted by atomic mass is 10.1. The number of nitrogens with one attached hydrogen (secondary N) is 1. The Morgan fingerprint density at radius 2 is 1.64 bits per heavy atom. The number of amides is 1. The maximum absolute atomic E-state index is 12.2. The zero-order valence-electron chi connectivity index (χ0n) is 19.6. The first kappa shape index (κ1) is 24.4. The molecule has 8 nitrogen and oxygen atoms in total. The highest BCUT2D eigenvalue weighted by Crippen LogP contribution is 2.28. The largest absolute Gasteiger partial charge is 0.493 e. The van der Waals surface area contributed by atoms with E-state index in [1.165, 1.54) is 0 Å². The second-order valence-corrected chi connectivity index (χ2v) is 7.87. The average molecular weight is 456 g/mol. The summed E-state index contributed by atoms with van der Waals surface area (Å²) in [5.41, 5.74) is 2.74. The van der Waals surface area contributed by atoms with Crippen LogP contribution >= 0.6 is 0 Å². The average Bonchev–Trinajstić information content (AvgIpc) is 2.86. The van der Waals surface area contributed by atoms with E-state index in [1.54, 1.807) is 20.3 Å². The zero-order valence-corrected chi connectivity index (χ0v) is 19.6. The maximum Gasteiger partial charge on any atom is 0.306 e. The summed E-state index contributed by atoms with van der Waals surface area (Å²) < 4.78 is 15.6. The van der Waals surface area contributed by atoms with Gasteiger partial charge in [-0.15, -0.1) is 0 Å². The molecule has 0 aliphatic carbocycles. The summed E-state index contributed by atoms with van der Waals surface area (Å²) in [6.45, 7) is 7.07. The monoisotopic (exact) mass is 455 g/mol. The van der Waals surface area contributed by atoms with Gasteiger partial charge in [0.1, 0.15) is 0 Å². The molecule has 33 heavy (non-hydrogen) atoms. The topological polar surface area (TPSA) is 80.3 Å². The van der Waals surface area contributed by atoms with Gasteiger partial charge in [-0.2, -0.15) is 0 Å². The van der Waals surface area contributed by atoms with Gasteiger partial charge in [0.25, 0.3) is 5.91 Å². The van der Waals surface area contributed by atoms with Crippen LogP contribution in [-0.2, 0) is 20.7 Å². The molecule has 0 bridgehead atoms. The lowest BCUT2D eigenvalue weighted by Crippen LogP contribution is -2.46. The Hall–Kier alpha value is -3.26. The highest BCUT2D eigenvalue weighted by atomic mass is 16.5. The number of anilines is 2. The van der Waals surface area contributed by atoms with Gasteiger partial charge in [-0.05, 0) is 54.9 Å². The van der Waals surface area contributed by atoms with Gasteiger partial charge >= 0.3 is 5.97 Å². The van der Waals surface area contributed by atoms with Crippen molar-refractivity contribution in [2.24, 2.45) is 0 Å². The number of piperazine rings is 1. The SMILES string of the molecule is CCN1CCN(c2ccc(NC(=O)COC(=O)CCc3ccc(OC)c(OC)c3)cc2)CC1. The van der Waals surface area contributed by atoms with Gasteiger partial charge in [-0.1, -0.05) is 13.0 Å². The van der Waals surface area contributed by atoms with Crippen LogP contribution in [0.25, 0.3) is 0 Å². The Balaban J connectivity index is 1.39. The van der Waals surface area contributed by atoms with Crippen LogP contribution in [0.4, 0.5) is 11.4 Å². The van der Waals surface area contributed by atoms with Crippen LogP contribution in [0.5, 0.6) is 11.5 Å². The fourth-order valence-electron chi connectivity index (χ4n) is 3.78. The van der Waals surface area contributed by atoms with Crippen LogP contribution in [0.1, 0.15) is 18.9 Å². The fraction of sp³-hybridized carbons (Fsp3) is 0.440. The van der Waals surface area contributed by atoms with E-state index in [-0.39, 0.29) is 18.9 Å². The van der Waals surface area contributed by atoms with Crippen LogP contribution in [0.15, 0.2) is 42.5 Å². The summed E-state index contributed by atoms with van der Waals surface area (Å²) in [7, 11) is 3.14. The molecule has 8 heteroatoms. The Labute approximate surface area is 195 Å². The van der Waals surface area contributed by atoms with Crippen LogP contribution in [0, 0.1) is 0 Å². The molecule has 1 fully saturated rings. The van der Waals surface area contributed by atoms with E-state index < -0.39 is 5.97 Å². The molecule has 2 aromatic carbocycles. The number of benzene rings is 2. The molecule has 178 valence electrons. The van der Waals surface area contributed by atoms with E-state index in [2.05, 4.69) is 22.0 Å². The highest BCUT2D eigenvalue weighted by Gasteiger charge is 2.16. The Morgan fingerprint density at radius 3 is 2.27 bits per heavy atom. The Morgan fingerprint density at radius 1 is 0.939 bits per heavy atom. The van der Waals surface area contributed by atoms with Crippen molar-refractivity contribution in [3.05, 3.63) is 48.0 Å². The first-order valence-electron chi connectivity index (χ1n) is 11.3. The number of rotatable bonds is 10. The predicted molar refractivity (Wildman–Crippen MR) is 128 cm³/mol. The number of hydrogen-bond donors (Lipinski definition) is 1. The second-order valence-electron chi connectivity index (χ2n) is 7.87. The third kappa shape index (κ3) is 7.12. The number of ether oxygens (including phenoxy) is 3. The molecule has 1 amide bonds. The number of likely N-dealkylation sites (N-methyl/N-ethyl adjacent to an activating group) is 1. The van der Waals surface area contributed by atoms with Gasteiger partial charge in [-0.3, -0.25) is 9.59 Å². The minimum Gasteiger partial charge on any atom is -0.493 e. The number of esters is 1. The van der Waals surface area contributed by atoms with Crippen molar-refractivity contribution >= 4 is 23.3 Å². The summed E-state index contributed by atoms with van der Waals surface area (Å²) in [5, 5.41) is 2.77. The minimum atomic E-state index is -0.429. The van der Waals surface area contributed by atoms with Crippen molar-refractivity contribution in [1.29, 1.82) is 0 Å². The van der Waals surface area contributed by atoms with Crippen molar-refractivity contribution in [2.75, 3.05) is 63.8 Å². The summed E-state index contributed by atoms with van der Waals surface area (Å²) in [5.74, 6) is 0.449. The van der Waals surface area contributed by atoms with Crippen molar-refractivity contribution in [1.82, 2.24) is 4.90 Å². The van der Waals surface area contributed by atoms with Gasteiger partial charge < -0.3 is 29.3 Å². The van der Waals surface area contributed by atoms with Gasteiger partial charge in [-0.25, -0.2) is 0 Å². The summed E-state index contributed by atoms with van der Waals surface area (Å²) in [6, 6.07) is 13.2. The molecule has 0 unspecified atom stereocenters. The molecular weight excluding hydrogens is 422 g/mol. The number of carbonyl (C=O) groups is 2. The minimum absolute atomic E-state index is 0.169. The number of nitrogens with zero attached hydrogens (tertiary/aromatic N) is 2. The molecule has 3 rings (SSSR count). The molecule has 1 aliphatic rings. The van der Waals surface area contributed by atoms with Crippen molar-refractivity contribution < 1.29 is 23.8 Å². The van der Waals surface area contributed by atoms with Gasteiger partial charge in [0.15, 0.2) is 18.1 Å². The van der Waals surface area contributed by atoms with Crippen molar-refractivity contribution in [3.8, 4) is 11.5 Å². The molecule has 1 N–H and O–H groups in total. The molecule has 1 saturated heterocycles. The third-order valence-electron chi connectivity index (χ3n) is 5.77.